The number of amides is 1. The van der Waals surface area contributed by atoms with Gasteiger partial charge in [-0.05, 0) is 45.1 Å². The molecule has 4 N–H and O–H groups in total. The molecule has 12 heteroatoms. The molecule has 12 nitrogen and oxygen atoms in total. The predicted octanol–water partition coefficient (Wildman–Crippen LogP) is 2.69. The van der Waals surface area contributed by atoms with Gasteiger partial charge < -0.3 is 20.7 Å². The number of pyridine rings is 1. The number of aliphatic hydroxyl groups excluding tert-OH is 1. The lowest BCUT2D eigenvalue weighted by Gasteiger charge is -2.38. The van der Waals surface area contributed by atoms with Crippen molar-refractivity contribution in [3.63, 3.8) is 0 Å². The number of carbonyl (C=O) groups is 2. The molecule has 2 saturated heterocycles. The highest BCUT2D eigenvalue weighted by molar-refractivity contribution is 6.00. The van der Waals surface area contributed by atoms with Crippen molar-refractivity contribution in [2.24, 2.45) is 0 Å². The van der Waals surface area contributed by atoms with Gasteiger partial charge in [0, 0.05) is 35.3 Å². The van der Waals surface area contributed by atoms with Crippen molar-refractivity contribution in [1.29, 1.82) is 0 Å². The standard InChI is InChI=1S/C26H29N9O3/c1-3-20(37)19-7-4-14(10-28-19)18-11-31-35-23(27)21(13(2)36)22(32-25(18)35)15-8-16-5-6-17(9-15)34(16)26(38)24-29-12-30-33-24/h4,7,10-12,15-17,20,37H,3,5-6,8-9,27H2,1-2H3,(H,29,30,33)/t15-,16-,17+,20?. The van der Waals surface area contributed by atoms with Gasteiger partial charge in [0.25, 0.3) is 5.91 Å². The largest absolute Gasteiger partial charge is 0.387 e. The number of nitrogen functional groups attached to an aromatic ring is 1. The minimum absolute atomic E-state index is 0.0153. The second-order valence-electron chi connectivity index (χ2n) is 10.1. The van der Waals surface area contributed by atoms with Gasteiger partial charge in [-0.25, -0.2) is 4.98 Å². The smallest absolute Gasteiger partial charge is 0.292 e. The summed E-state index contributed by atoms with van der Waals surface area (Å²) in [6.45, 7) is 3.39. The molecule has 4 aromatic rings. The number of aliphatic hydroxyl groups is 1. The molecular weight excluding hydrogens is 486 g/mol. The normalized spacial score (nSPS) is 21.7. The number of anilines is 1. The molecule has 196 valence electrons. The molecule has 2 aliphatic heterocycles. The van der Waals surface area contributed by atoms with Crippen molar-refractivity contribution in [3.05, 3.63) is 53.6 Å². The van der Waals surface area contributed by atoms with Crippen LogP contribution in [0.3, 0.4) is 0 Å². The molecular formula is C26H29N9O3. The Labute approximate surface area is 218 Å². The Bertz CT molecular complexity index is 1500. The van der Waals surface area contributed by atoms with Crippen molar-refractivity contribution in [3.8, 4) is 11.1 Å². The van der Waals surface area contributed by atoms with Crippen molar-refractivity contribution in [2.45, 2.75) is 70.1 Å². The Hall–Kier alpha value is -4.19. The molecule has 1 unspecified atom stereocenters. The first-order chi connectivity index (χ1) is 18.4. The number of nitrogens with two attached hydrogens (primary N) is 1. The second-order valence-corrected chi connectivity index (χ2v) is 10.1. The second kappa shape index (κ2) is 9.28. The van der Waals surface area contributed by atoms with E-state index >= 15 is 0 Å². The van der Waals surface area contributed by atoms with Gasteiger partial charge in [-0.3, -0.25) is 14.6 Å². The van der Waals surface area contributed by atoms with Crippen LogP contribution in [0.25, 0.3) is 16.8 Å². The van der Waals surface area contributed by atoms with Crippen molar-refractivity contribution in [2.75, 3.05) is 5.73 Å². The zero-order chi connectivity index (χ0) is 26.6. The van der Waals surface area contributed by atoms with Crippen LogP contribution in [0.2, 0.25) is 0 Å². The Balaban J connectivity index is 1.38. The summed E-state index contributed by atoms with van der Waals surface area (Å²) in [6, 6.07) is 3.70. The van der Waals surface area contributed by atoms with E-state index in [-0.39, 0.29) is 41.3 Å². The number of aromatic amines is 1. The Morgan fingerprint density at radius 1 is 1.21 bits per heavy atom. The Morgan fingerprint density at radius 3 is 2.58 bits per heavy atom. The summed E-state index contributed by atoms with van der Waals surface area (Å²) in [5.41, 5.74) is 10.2. The predicted molar refractivity (Wildman–Crippen MR) is 137 cm³/mol. The topological polar surface area (TPSA) is 168 Å². The lowest BCUT2D eigenvalue weighted by atomic mass is 9.85. The number of hydrogen-bond acceptors (Lipinski definition) is 9. The van der Waals surface area contributed by atoms with Gasteiger partial charge in [-0.2, -0.15) is 9.61 Å². The highest BCUT2D eigenvalue weighted by Crippen LogP contribution is 2.45. The molecule has 1 amide bonds. The summed E-state index contributed by atoms with van der Waals surface area (Å²) in [5, 5.41) is 22.2. The van der Waals surface area contributed by atoms with E-state index in [1.807, 2.05) is 17.9 Å². The number of nitrogens with zero attached hydrogens (tertiary/aromatic N) is 7. The first-order valence-corrected chi connectivity index (χ1v) is 12.9. The number of hydrogen-bond donors (Lipinski definition) is 3. The summed E-state index contributed by atoms with van der Waals surface area (Å²) in [6.07, 6.45) is 7.83. The van der Waals surface area contributed by atoms with Crippen LogP contribution in [0.5, 0.6) is 0 Å². The van der Waals surface area contributed by atoms with E-state index in [4.69, 9.17) is 10.7 Å². The van der Waals surface area contributed by atoms with E-state index in [1.165, 1.54) is 17.8 Å². The fraction of sp³-hybridized carbons (Fsp3) is 0.423. The highest BCUT2D eigenvalue weighted by atomic mass is 16.3. The quantitative estimate of drug-likeness (QED) is 0.327. The number of aromatic nitrogens is 7. The number of rotatable bonds is 6. The van der Waals surface area contributed by atoms with E-state index in [2.05, 4.69) is 25.3 Å². The van der Waals surface area contributed by atoms with Gasteiger partial charge in [0.05, 0.1) is 29.3 Å². The Kier molecular flexibility index (Phi) is 5.90. The first-order valence-electron chi connectivity index (χ1n) is 12.9. The lowest BCUT2D eigenvalue weighted by Crippen LogP contribution is -2.46. The maximum atomic E-state index is 13.1. The zero-order valence-corrected chi connectivity index (χ0v) is 21.2. The third-order valence-corrected chi connectivity index (χ3v) is 7.86. The monoisotopic (exact) mass is 515 g/mol. The van der Waals surface area contributed by atoms with E-state index in [0.29, 0.717) is 41.9 Å². The van der Waals surface area contributed by atoms with Gasteiger partial charge >= 0.3 is 0 Å². The van der Waals surface area contributed by atoms with Gasteiger partial charge in [-0.15, -0.1) is 10.2 Å². The number of carbonyl (C=O) groups excluding carboxylic acids is 2. The summed E-state index contributed by atoms with van der Waals surface area (Å²) in [5.74, 6) is 0.132. The fourth-order valence-corrected chi connectivity index (χ4v) is 6.03. The summed E-state index contributed by atoms with van der Waals surface area (Å²) in [7, 11) is 0. The molecule has 2 bridgehead atoms. The van der Waals surface area contributed by atoms with E-state index in [0.717, 1.165) is 24.0 Å². The average Bonchev–Trinajstić information content (AvgIpc) is 3.66. The number of piperidine rings is 1. The molecule has 4 aromatic heterocycles. The third kappa shape index (κ3) is 3.83. The third-order valence-electron chi connectivity index (χ3n) is 7.86. The summed E-state index contributed by atoms with van der Waals surface area (Å²) in [4.78, 5) is 40.0. The van der Waals surface area contributed by atoms with Gasteiger partial charge in [0.1, 0.15) is 12.1 Å². The van der Waals surface area contributed by atoms with Crippen molar-refractivity contribution < 1.29 is 14.7 Å². The van der Waals surface area contributed by atoms with Crippen LogP contribution in [-0.2, 0) is 0 Å². The molecule has 0 aliphatic carbocycles. The number of Topliss-reactive ketones (excluding diaryl/α,β-unsaturated/α-hetero) is 1. The lowest BCUT2D eigenvalue weighted by molar-refractivity contribution is 0.0556. The van der Waals surface area contributed by atoms with Crippen LogP contribution in [0.4, 0.5) is 5.82 Å². The van der Waals surface area contributed by atoms with E-state index in [9.17, 15) is 14.7 Å². The number of ketones is 1. The zero-order valence-electron chi connectivity index (χ0n) is 21.2. The van der Waals surface area contributed by atoms with Crippen LogP contribution >= 0.6 is 0 Å². The van der Waals surface area contributed by atoms with Crippen LogP contribution in [0, 0.1) is 0 Å². The summed E-state index contributed by atoms with van der Waals surface area (Å²) >= 11 is 0. The fourth-order valence-electron chi connectivity index (χ4n) is 6.03. The SMILES string of the molecule is CCC(O)c1ccc(-c2cnn3c(N)c(C(C)=O)c([C@@H]4C[C@H]5CC[C@@H](C4)N5C(=O)c4nnc[nH]4)nc23)cn1. The number of nitrogens with one attached hydrogen (secondary N) is 1. The minimum atomic E-state index is -0.622. The van der Waals surface area contributed by atoms with Crippen LogP contribution < -0.4 is 5.73 Å². The minimum Gasteiger partial charge on any atom is -0.387 e. The maximum Gasteiger partial charge on any atom is 0.292 e. The van der Waals surface area contributed by atoms with E-state index in [1.54, 1.807) is 18.5 Å². The highest BCUT2D eigenvalue weighted by Gasteiger charge is 2.45. The molecule has 6 heterocycles. The molecule has 0 radical (unpaired) electrons. The number of H-pyrrole nitrogens is 1. The first kappa shape index (κ1) is 24.2. The Morgan fingerprint density at radius 2 is 1.97 bits per heavy atom. The molecule has 0 saturated carbocycles. The van der Waals surface area contributed by atoms with Gasteiger partial charge in [-0.1, -0.05) is 13.0 Å². The average molecular weight is 516 g/mol. The van der Waals surface area contributed by atoms with Crippen molar-refractivity contribution >= 4 is 23.2 Å². The van der Waals surface area contributed by atoms with E-state index < -0.39 is 6.10 Å². The van der Waals surface area contributed by atoms with Crippen molar-refractivity contribution in [1.82, 2.24) is 39.7 Å². The molecule has 0 aromatic carbocycles. The van der Waals surface area contributed by atoms with Crippen LogP contribution in [0.15, 0.2) is 30.9 Å². The molecule has 6 rings (SSSR count). The molecule has 2 fully saturated rings. The maximum absolute atomic E-state index is 13.1. The molecule has 0 spiro atoms. The van der Waals surface area contributed by atoms with Crippen LogP contribution in [-0.4, -0.2) is 68.5 Å². The molecule has 4 atom stereocenters. The molecule has 38 heavy (non-hydrogen) atoms. The summed E-state index contributed by atoms with van der Waals surface area (Å²) < 4.78 is 1.50. The van der Waals surface area contributed by atoms with Gasteiger partial charge in [0.15, 0.2) is 11.4 Å². The molecule has 2 aliphatic rings. The van der Waals surface area contributed by atoms with Gasteiger partial charge in [0.2, 0.25) is 5.82 Å². The number of fused-ring (bicyclic) bond motifs is 3. The van der Waals surface area contributed by atoms with Crippen LogP contribution in [0.1, 0.15) is 90.3 Å².